The summed E-state index contributed by atoms with van der Waals surface area (Å²) in [7, 11) is 0. The average molecular weight is 468 g/mol. The molecule has 8 heteroatoms. The van der Waals surface area contributed by atoms with Gasteiger partial charge in [-0.3, -0.25) is 9.59 Å². The summed E-state index contributed by atoms with van der Waals surface area (Å²) in [5.74, 6) is -0.634. The van der Waals surface area contributed by atoms with E-state index in [0.717, 1.165) is 11.1 Å². The highest BCUT2D eigenvalue weighted by Gasteiger charge is 2.40. The lowest BCUT2D eigenvalue weighted by molar-refractivity contribution is -0.143. The minimum atomic E-state index is -1.08. The molecule has 3 aromatic rings. The molecule has 1 N–H and O–H groups in total. The van der Waals surface area contributed by atoms with Crippen LogP contribution >= 0.6 is 0 Å². The van der Waals surface area contributed by atoms with E-state index in [2.05, 4.69) is 4.98 Å². The fourth-order valence-corrected chi connectivity index (χ4v) is 4.47. The van der Waals surface area contributed by atoms with Gasteiger partial charge in [0.2, 0.25) is 0 Å². The number of benzene rings is 1. The maximum absolute atomic E-state index is 13.5. The molecule has 2 aromatic heterocycles. The van der Waals surface area contributed by atoms with Gasteiger partial charge in [-0.15, -0.1) is 0 Å². The SMILES string of the molecule is CC(C)c1cc(-c2ccc(F)cc2)nc2cc(C(=O)N3CCN(C(=O)[C@H](C)O)CC3(C)C)oc12. The van der Waals surface area contributed by atoms with E-state index >= 15 is 0 Å². The number of rotatable bonds is 4. The second-order valence-corrected chi connectivity index (χ2v) is 9.79. The number of fused-ring (bicyclic) bond motifs is 1. The summed E-state index contributed by atoms with van der Waals surface area (Å²) in [6.45, 7) is 10.3. The van der Waals surface area contributed by atoms with Gasteiger partial charge >= 0.3 is 0 Å². The van der Waals surface area contributed by atoms with E-state index in [1.165, 1.54) is 19.1 Å². The first kappa shape index (κ1) is 23.9. The molecule has 1 aliphatic rings. The Kier molecular flexibility index (Phi) is 6.20. The Hall–Kier alpha value is -3.26. The molecule has 2 amide bonds. The number of amides is 2. The highest BCUT2D eigenvalue weighted by Crippen LogP contribution is 2.33. The van der Waals surface area contributed by atoms with Crippen LogP contribution in [0.2, 0.25) is 0 Å². The standard InChI is InChI=1S/C26H30FN3O4/c1-15(2)19-12-20(17-6-8-18(27)9-7-17)28-21-13-22(34-23(19)21)25(33)30-11-10-29(14-26(30,4)5)24(32)16(3)31/h6-9,12-13,15-16,31H,10-11,14H2,1-5H3/t16-/m0/s1. The Morgan fingerprint density at radius 3 is 2.38 bits per heavy atom. The van der Waals surface area contributed by atoms with E-state index in [4.69, 9.17) is 4.42 Å². The second-order valence-electron chi connectivity index (χ2n) is 9.79. The highest BCUT2D eigenvalue weighted by atomic mass is 19.1. The summed E-state index contributed by atoms with van der Waals surface area (Å²) in [6.07, 6.45) is -1.08. The number of furan rings is 1. The van der Waals surface area contributed by atoms with Crippen molar-refractivity contribution in [3.05, 3.63) is 53.5 Å². The molecule has 34 heavy (non-hydrogen) atoms. The molecule has 180 valence electrons. The second kappa shape index (κ2) is 8.83. The van der Waals surface area contributed by atoms with Crippen LogP contribution in [0.3, 0.4) is 0 Å². The maximum Gasteiger partial charge on any atom is 0.290 e. The van der Waals surface area contributed by atoms with Gasteiger partial charge in [0.1, 0.15) is 17.4 Å². The van der Waals surface area contributed by atoms with Gasteiger partial charge in [-0.25, -0.2) is 9.37 Å². The number of hydrogen-bond donors (Lipinski definition) is 1. The van der Waals surface area contributed by atoms with Gasteiger partial charge in [-0.1, -0.05) is 13.8 Å². The van der Waals surface area contributed by atoms with Crippen LogP contribution in [0.25, 0.3) is 22.4 Å². The van der Waals surface area contributed by atoms with E-state index < -0.39 is 11.6 Å². The van der Waals surface area contributed by atoms with Gasteiger partial charge in [-0.2, -0.15) is 0 Å². The third-order valence-electron chi connectivity index (χ3n) is 6.30. The van der Waals surface area contributed by atoms with Crippen LogP contribution in [-0.2, 0) is 4.79 Å². The van der Waals surface area contributed by atoms with Crippen molar-refractivity contribution < 1.29 is 23.5 Å². The number of aromatic nitrogens is 1. The number of piperazine rings is 1. The molecule has 0 saturated carbocycles. The minimum absolute atomic E-state index is 0.116. The zero-order chi connectivity index (χ0) is 24.8. The van der Waals surface area contributed by atoms with Gasteiger partial charge in [0, 0.05) is 36.8 Å². The number of carbonyl (C=O) groups excluding carboxylic acids is 2. The third kappa shape index (κ3) is 4.42. The molecule has 3 heterocycles. The van der Waals surface area contributed by atoms with E-state index in [-0.39, 0.29) is 29.3 Å². The zero-order valence-corrected chi connectivity index (χ0v) is 20.1. The van der Waals surface area contributed by atoms with E-state index in [0.29, 0.717) is 36.4 Å². The van der Waals surface area contributed by atoms with Crippen molar-refractivity contribution in [3.8, 4) is 11.3 Å². The number of carbonyl (C=O) groups is 2. The highest BCUT2D eigenvalue weighted by molar-refractivity contribution is 5.97. The van der Waals surface area contributed by atoms with Gasteiger partial charge in [0.25, 0.3) is 11.8 Å². The molecule has 0 bridgehead atoms. The monoisotopic (exact) mass is 467 g/mol. The normalized spacial score (nSPS) is 16.8. The van der Waals surface area contributed by atoms with E-state index in [1.54, 1.807) is 28.0 Å². The summed E-state index contributed by atoms with van der Waals surface area (Å²) in [6, 6.07) is 9.71. The van der Waals surface area contributed by atoms with Crippen molar-refractivity contribution in [1.29, 1.82) is 0 Å². The number of nitrogens with zero attached hydrogens (tertiary/aromatic N) is 3. The molecule has 0 unspecified atom stereocenters. The Bertz CT molecular complexity index is 1230. The van der Waals surface area contributed by atoms with Crippen LogP contribution in [0.5, 0.6) is 0 Å². The molecule has 0 spiro atoms. The number of aliphatic hydroxyl groups is 1. The topological polar surface area (TPSA) is 86.9 Å². The molecular formula is C26H30FN3O4. The van der Waals surface area contributed by atoms with Crippen molar-refractivity contribution in [2.24, 2.45) is 0 Å². The van der Waals surface area contributed by atoms with Crippen LogP contribution in [0, 0.1) is 5.82 Å². The number of hydrogen-bond acceptors (Lipinski definition) is 5. The molecule has 1 atom stereocenters. The summed E-state index contributed by atoms with van der Waals surface area (Å²) in [4.78, 5) is 33.7. The lowest BCUT2D eigenvalue weighted by Crippen LogP contribution is -2.62. The molecule has 7 nitrogen and oxygen atoms in total. The smallest absolute Gasteiger partial charge is 0.290 e. The molecular weight excluding hydrogens is 437 g/mol. The summed E-state index contributed by atoms with van der Waals surface area (Å²) >= 11 is 0. The van der Waals surface area contributed by atoms with Gasteiger partial charge in [0.15, 0.2) is 11.3 Å². The van der Waals surface area contributed by atoms with Crippen LogP contribution in [0.4, 0.5) is 4.39 Å². The zero-order valence-electron chi connectivity index (χ0n) is 20.1. The van der Waals surface area contributed by atoms with Gasteiger partial charge < -0.3 is 19.3 Å². The molecule has 4 rings (SSSR count). The predicted octanol–water partition coefficient (Wildman–Crippen LogP) is 4.20. The van der Waals surface area contributed by atoms with Gasteiger partial charge in [-0.05, 0) is 57.0 Å². The Labute approximate surface area is 198 Å². The van der Waals surface area contributed by atoms with Gasteiger partial charge in [0.05, 0.1) is 11.2 Å². The Morgan fingerprint density at radius 1 is 1.12 bits per heavy atom. The number of halogens is 1. The lowest BCUT2D eigenvalue weighted by Gasteiger charge is -2.47. The Balaban J connectivity index is 1.68. The average Bonchev–Trinajstić information content (AvgIpc) is 3.21. The summed E-state index contributed by atoms with van der Waals surface area (Å²) < 4.78 is 19.4. The first-order valence-corrected chi connectivity index (χ1v) is 11.5. The summed E-state index contributed by atoms with van der Waals surface area (Å²) in [5, 5.41) is 9.65. The summed E-state index contributed by atoms with van der Waals surface area (Å²) in [5.41, 5.74) is 2.85. The lowest BCUT2D eigenvalue weighted by atomic mass is 9.97. The Morgan fingerprint density at radius 2 is 1.79 bits per heavy atom. The van der Waals surface area contributed by atoms with E-state index in [1.807, 2.05) is 33.8 Å². The van der Waals surface area contributed by atoms with Crippen molar-refractivity contribution in [2.75, 3.05) is 19.6 Å². The molecule has 0 radical (unpaired) electrons. The van der Waals surface area contributed by atoms with Crippen molar-refractivity contribution in [1.82, 2.24) is 14.8 Å². The fraction of sp³-hybridized carbons (Fsp3) is 0.423. The quantitative estimate of drug-likeness (QED) is 0.621. The van der Waals surface area contributed by atoms with Crippen LogP contribution in [-0.4, -0.2) is 63.0 Å². The fourth-order valence-electron chi connectivity index (χ4n) is 4.47. The van der Waals surface area contributed by atoms with Crippen molar-refractivity contribution in [3.63, 3.8) is 0 Å². The predicted molar refractivity (Wildman–Crippen MR) is 127 cm³/mol. The molecule has 1 aromatic carbocycles. The van der Waals surface area contributed by atoms with Crippen LogP contribution in [0.1, 0.15) is 56.7 Å². The maximum atomic E-state index is 13.5. The number of pyridine rings is 1. The largest absolute Gasteiger partial charge is 0.449 e. The van der Waals surface area contributed by atoms with Crippen molar-refractivity contribution in [2.45, 2.75) is 52.2 Å². The van der Waals surface area contributed by atoms with Crippen LogP contribution in [0.15, 0.2) is 40.8 Å². The van der Waals surface area contributed by atoms with E-state index in [9.17, 15) is 19.1 Å². The molecule has 0 aliphatic carbocycles. The molecule has 1 saturated heterocycles. The first-order chi connectivity index (χ1) is 16.0. The van der Waals surface area contributed by atoms with Crippen LogP contribution < -0.4 is 0 Å². The minimum Gasteiger partial charge on any atom is -0.449 e. The number of aliphatic hydroxyl groups excluding tert-OH is 1. The molecule has 1 fully saturated rings. The van der Waals surface area contributed by atoms with Crippen molar-refractivity contribution >= 4 is 22.9 Å². The first-order valence-electron chi connectivity index (χ1n) is 11.5. The molecule has 1 aliphatic heterocycles. The third-order valence-corrected chi connectivity index (χ3v) is 6.30.